The number of carbonyl (C=O) groups excluding carboxylic acids is 1. The number of anilines is 1. The van der Waals surface area contributed by atoms with E-state index in [1.807, 2.05) is 41.8 Å². The first-order valence-electron chi connectivity index (χ1n) is 10.5. The SMILES string of the molecule is CC[C@@H](C(=O)Nc1cccc(OC)c1)n1c(SCc2ccc(C)cc2)nc2ccncc21. The van der Waals surface area contributed by atoms with Gasteiger partial charge in [-0.3, -0.25) is 9.78 Å². The summed E-state index contributed by atoms with van der Waals surface area (Å²) in [7, 11) is 1.61. The van der Waals surface area contributed by atoms with Gasteiger partial charge in [0.25, 0.3) is 0 Å². The number of ether oxygens (including phenoxy) is 1. The molecule has 7 heteroatoms. The van der Waals surface area contributed by atoms with Crippen LogP contribution in [0, 0.1) is 6.92 Å². The lowest BCUT2D eigenvalue weighted by Gasteiger charge is -2.20. The highest BCUT2D eigenvalue weighted by atomic mass is 32.2. The number of imidazole rings is 1. The number of nitrogens with zero attached hydrogens (tertiary/aromatic N) is 3. The van der Waals surface area contributed by atoms with Crippen LogP contribution < -0.4 is 10.1 Å². The Bertz CT molecular complexity index is 1220. The molecule has 32 heavy (non-hydrogen) atoms. The van der Waals surface area contributed by atoms with Gasteiger partial charge in [0.15, 0.2) is 5.16 Å². The van der Waals surface area contributed by atoms with Crippen LogP contribution >= 0.6 is 11.8 Å². The van der Waals surface area contributed by atoms with Gasteiger partial charge in [-0.1, -0.05) is 54.6 Å². The number of hydrogen-bond donors (Lipinski definition) is 1. The van der Waals surface area contributed by atoms with Crippen LogP contribution in [0.1, 0.15) is 30.5 Å². The summed E-state index contributed by atoms with van der Waals surface area (Å²) in [6.07, 6.45) is 4.12. The quantitative estimate of drug-likeness (QED) is 0.355. The van der Waals surface area contributed by atoms with E-state index in [1.54, 1.807) is 31.3 Å². The number of pyridine rings is 1. The summed E-state index contributed by atoms with van der Waals surface area (Å²) in [5.41, 5.74) is 4.83. The minimum Gasteiger partial charge on any atom is -0.497 e. The van der Waals surface area contributed by atoms with Gasteiger partial charge in [0.1, 0.15) is 11.8 Å². The molecule has 6 nitrogen and oxygen atoms in total. The van der Waals surface area contributed by atoms with Crippen LogP contribution in [0.4, 0.5) is 5.69 Å². The number of carbonyl (C=O) groups is 1. The molecule has 2 aromatic heterocycles. The van der Waals surface area contributed by atoms with Gasteiger partial charge in [0, 0.05) is 23.7 Å². The molecule has 1 N–H and O–H groups in total. The zero-order valence-corrected chi connectivity index (χ0v) is 19.2. The zero-order valence-electron chi connectivity index (χ0n) is 18.4. The second kappa shape index (κ2) is 9.87. The van der Waals surface area contributed by atoms with Crippen LogP contribution in [-0.2, 0) is 10.5 Å². The highest BCUT2D eigenvalue weighted by Gasteiger charge is 2.25. The van der Waals surface area contributed by atoms with Crippen molar-refractivity contribution in [1.82, 2.24) is 14.5 Å². The van der Waals surface area contributed by atoms with Crippen LogP contribution in [0.5, 0.6) is 5.75 Å². The predicted octanol–water partition coefficient (Wildman–Crippen LogP) is 5.63. The number of rotatable bonds is 8. The van der Waals surface area contributed by atoms with Crippen LogP contribution in [0.2, 0.25) is 0 Å². The molecule has 0 unspecified atom stereocenters. The number of benzene rings is 2. The second-order valence-corrected chi connectivity index (χ2v) is 8.49. The molecular formula is C25H26N4O2S. The summed E-state index contributed by atoms with van der Waals surface area (Å²) in [6, 6.07) is 17.3. The third-order valence-electron chi connectivity index (χ3n) is 5.29. The van der Waals surface area contributed by atoms with Crippen molar-refractivity contribution in [3.63, 3.8) is 0 Å². The highest BCUT2D eigenvalue weighted by Crippen LogP contribution is 2.31. The summed E-state index contributed by atoms with van der Waals surface area (Å²) >= 11 is 1.63. The van der Waals surface area contributed by atoms with Gasteiger partial charge >= 0.3 is 0 Å². The number of fused-ring (bicyclic) bond motifs is 1. The van der Waals surface area contributed by atoms with Crippen molar-refractivity contribution < 1.29 is 9.53 Å². The first kappa shape index (κ1) is 21.9. The third kappa shape index (κ3) is 4.78. The molecule has 4 aromatic rings. The molecular weight excluding hydrogens is 420 g/mol. The number of thioether (sulfide) groups is 1. The molecule has 0 aliphatic rings. The smallest absolute Gasteiger partial charge is 0.247 e. The Morgan fingerprint density at radius 3 is 2.75 bits per heavy atom. The monoisotopic (exact) mass is 446 g/mol. The summed E-state index contributed by atoms with van der Waals surface area (Å²) in [4.78, 5) is 22.4. The molecule has 0 fully saturated rings. The van der Waals surface area contributed by atoms with E-state index in [2.05, 4.69) is 41.5 Å². The van der Waals surface area contributed by atoms with Gasteiger partial charge in [-0.05, 0) is 37.1 Å². The Balaban J connectivity index is 1.64. The maximum Gasteiger partial charge on any atom is 0.247 e. The molecule has 0 aliphatic carbocycles. The van der Waals surface area contributed by atoms with Gasteiger partial charge in [-0.25, -0.2) is 4.98 Å². The topological polar surface area (TPSA) is 69.0 Å². The fraction of sp³-hybridized carbons (Fsp3) is 0.240. The van der Waals surface area contributed by atoms with Crippen molar-refractivity contribution in [2.75, 3.05) is 12.4 Å². The Hall–Kier alpha value is -3.32. The van der Waals surface area contributed by atoms with Crippen molar-refractivity contribution >= 4 is 34.4 Å². The average molecular weight is 447 g/mol. The number of aromatic nitrogens is 3. The summed E-state index contributed by atoms with van der Waals surface area (Å²) < 4.78 is 7.29. The van der Waals surface area contributed by atoms with Crippen LogP contribution in [-0.4, -0.2) is 27.6 Å². The first-order chi connectivity index (χ1) is 15.6. The van der Waals surface area contributed by atoms with Crippen LogP contribution in [0.15, 0.2) is 72.1 Å². The van der Waals surface area contributed by atoms with E-state index >= 15 is 0 Å². The fourth-order valence-corrected chi connectivity index (χ4v) is 4.58. The number of hydrogen-bond acceptors (Lipinski definition) is 5. The molecule has 0 saturated carbocycles. The lowest BCUT2D eigenvalue weighted by atomic mass is 10.2. The van der Waals surface area contributed by atoms with E-state index in [1.165, 1.54) is 11.1 Å². The molecule has 4 rings (SSSR count). The molecule has 0 saturated heterocycles. The number of nitrogens with one attached hydrogen (secondary N) is 1. The van der Waals surface area contributed by atoms with Crippen LogP contribution in [0.25, 0.3) is 11.0 Å². The number of methoxy groups -OCH3 is 1. The van der Waals surface area contributed by atoms with Crippen molar-refractivity contribution in [3.05, 3.63) is 78.1 Å². The Kier molecular flexibility index (Phi) is 6.75. The lowest BCUT2D eigenvalue weighted by Crippen LogP contribution is -2.26. The maximum atomic E-state index is 13.3. The van der Waals surface area contributed by atoms with Gasteiger partial charge in [0.05, 0.1) is 24.3 Å². The standard InChI is InChI=1S/C25H26N4O2S/c1-4-22(24(30)27-19-6-5-7-20(14-19)31-3)29-23-15-26-13-12-21(23)28-25(29)32-16-18-10-8-17(2)9-11-18/h5-15,22H,4,16H2,1-3H3,(H,27,30)/t22-/m0/s1. The minimum atomic E-state index is -0.420. The molecule has 164 valence electrons. The van der Waals surface area contributed by atoms with E-state index in [-0.39, 0.29) is 5.91 Å². The molecule has 2 aromatic carbocycles. The fourth-order valence-electron chi connectivity index (χ4n) is 3.57. The van der Waals surface area contributed by atoms with Gasteiger partial charge in [-0.15, -0.1) is 0 Å². The molecule has 1 amide bonds. The summed E-state index contributed by atoms with van der Waals surface area (Å²) in [6.45, 7) is 4.09. The van der Waals surface area contributed by atoms with Gasteiger partial charge in [-0.2, -0.15) is 0 Å². The molecule has 0 spiro atoms. The largest absolute Gasteiger partial charge is 0.497 e. The maximum absolute atomic E-state index is 13.3. The van der Waals surface area contributed by atoms with Gasteiger partial charge < -0.3 is 14.6 Å². The first-order valence-corrected chi connectivity index (χ1v) is 11.5. The Morgan fingerprint density at radius 1 is 1.19 bits per heavy atom. The molecule has 1 atom stereocenters. The summed E-state index contributed by atoms with van der Waals surface area (Å²) in [5, 5.41) is 3.84. The highest BCUT2D eigenvalue weighted by molar-refractivity contribution is 7.98. The van der Waals surface area contributed by atoms with E-state index in [9.17, 15) is 4.79 Å². The summed E-state index contributed by atoms with van der Waals surface area (Å²) in [5.74, 6) is 1.37. The van der Waals surface area contributed by atoms with Crippen LogP contribution in [0.3, 0.4) is 0 Å². The lowest BCUT2D eigenvalue weighted by molar-refractivity contribution is -0.119. The van der Waals surface area contributed by atoms with E-state index in [4.69, 9.17) is 9.72 Å². The molecule has 0 bridgehead atoms. The number of amides is 1. The normalized spacial score (nSPS) is 12.0. The van der Waals surface area contributed by atoms with E-state index in [0.717, 1.165) is 21.9 Å². The zero-order chi connectivity index (χ0) is 22.5. The van der Waals surface area contributed by atoms with E-state index < -0.39 is 6.04 Å². The molecule has 0 aliphatic heterocycles. The predicted molar refractivity (Wildman–Crippen MR) is 129 cm³/mol. The molecule has 0 radical (unpaired) electrons. The number of aryl methyl sites for hydroxylation is 1. The second-order valence-electron chi connectivity index (χ2n) is 7.55. The van der Waals surface area contributed by atoms with Crippen molar-refractivity contribution in [2.24, 2.45) is 0 Å². The van der Waals surface area contributed by atoms with Crippen molar-refractivity contribution in [3.8, 4) is 5.75 Å². The minimum absolute atomic E-state index is 0.0962. The molecule has 2 heterocycles. The van der Waals surface area contributed by atoms with Gasteiger partial charge in [0.2, 0.25) is 5.91 Å². The third-order valence-corrected chi connectivity index (χ3v) is 6.31. The Morgan fingerprint density at radius 2 is 2.00 bits per heavy atom. The van der Waals surface area contributed by atoms with E-state index in [0.29, 0.717) is 17.9 Å². The van der Waals surface area contributed by atoms with Crippen molar-refractivity contribution in [1.29, 1.82) is 0 Å². The Labute approximate surface area is 192 Å². The average Bonchev–Trinajstić information content (AvgIpc) is 3.17. The van der Waals surface area contributed by atoms with Crippen molar-refractivity contribution in [2.45, 2.75) is 37.2 Å².